The van der Waals surface area contributed by atoms with E-state index in [0.29, 0.717) is 6.42 Å². The Morgan fingerprint density at radius 1 is 1.73 bits per heavy atom. The summed E-state index contributed by atoms with van der Waals surface area (Å²) in [5.74, 6) is -0.185. The molecule has 60 valence electrons. The Balaban J connectivity index is 2.66. The predicted molar refractivity (Wildman–Crippen MR) is 39.9 cm³/mol. The van der Waals surface area contributed by atoms with Gasteiger partial charge in [-0.1, -0.05) is 6.08 Å². The Morgan fingerprint density at radius 3 is 2.73 bits per heavy atom. The molecule has 11 heavy (non-hydrogen) atoms. The molecule has 1 aliphatic rings. The summed E-state index contributed by atoms with van der Waals surface area (Å²) in [6.07, 6.45) is 2.11. The first-order chi connectivity index (χ1) is 5.16. The van der Waals surface area contributed by atoms with Crippen LogP contribution in [0.15, 0.2) is 12.7 Å². The molecule has 1 fully saturated rings. The fourth-order valence-electron chi connectivity index (χ4n) is 0.968. The summed E-state index contributed by atoms with van der Waals surface area (Å²) in [7, 11) is 1.46. The quantitative estimate of drug-likeness (QED) is 0.453. The number of amides is 3. The van der Waals surface area contributed by atoms with Crippen LogP contribution in [0.1, 0.15) is 6.42 Å². The topological polar surface area (TPSA) is 49.4 Å². The molecule has 4 nitrogen and oxygen atoms in total. The van der Waals surface area contributed by atoms with Crippen molar-refractivity contribution in [3.63, 3.8) is 0 Å². The van der Waals surface area contributed by atoms with Crippen LogP contribution in [0, 0.1) is 0 Å². The Labute approximate surface area is 64.9 Å². The van der Waals surface area contributed by atoms with E-state index < -0.39 is 6.04 Å². The second-order valence-electron chi connectivity index (χ2n) is 2.42. The van der Waals surface area contributed by atoms with Gasteiger partial charge in [0.2, 0.25) is 0 Å². The van der Waals surface area contributed by atoms with Gasteiger partial charge in [0.05, 0.1) is 0 Å². The van der Waals surface area contributed by atoms with Gasteiger partial charge in [0.25, 0.3) is 5.91 Å². The number of hydrogen-bond acceptors (Lipinski definition) is 2. The van der Waals surface area contributed by atoms with Gasteiger partial charge in [0.1, 0.15) is 6.04 Å². The zero-order chi connectivity index (χ0) is 8.43. The second-order valence-corrected chi connectivity index (χ2v) is 2.42. The van der Waals surface area contributed by atoms with E-state index in [0.717, 1.165) is 4.90 Å². The van der Waals surface area contributed by atoms with Gasteiger partial charge in [-0.05, 0) is 6.42 Å². The van der Waals surface area contributed by atoms with Crippen molar-refractivity contribution >= 4 is 11.9 Å². The number of rotatable bonds is 2. The summed E-state index contributed by atoms with van der Waals surface area (Å²) in [5, 5.41) is 2.52. The van der Waals surface area contributed by atoms with Crippen LogP contribution in [-0.2, 0) is 4.79 Å². The van der Waals surface area contributed by atoms with Gasteiger partial charge in [-0.2, -0.15) is 0 Å². The Morgan fingerprint density at radius 2 is 2.36 bits per heavy atom. The molecule has 3 amide bonds. The molecular formula is C7H10N2O2. The van der Waals surface area contributed by atoms with Gasteiger partial charge >= 0.3 is 6.03 Å². The summed E-state index contributed by atoms with van der Waals surface area (Å²) in [5.41, 5.74) is 0. The van der Waals surface area contributed by atoms with E-state index in [2.05, 4.69) is 11.9 Å². The van der Waals surface area contributed by atoms with Gasteiger partial charge in [0.15, 0.2) is 0 Å². The van der Waals surface area contributed by atoms with Gasteiger partial charge in [-0.25, -0.2) is 4.79 Å². The molecule has 0 bridgehead atoms. The van der Waals surface area contributed by atoms with Crippen LogP contribution in [0.4, 0.5) is 4.79 Å². The lowest BCUT2D eigenvalue weighted by molar-refractivity contribution is -0.126. The average molecular weight is 154 g/mol. The van der Waals surface area contributed by atoms with Crippen molar-refractivity contribution in [3.8, 4) is 0 Å². The molecule has 1 atom stereocenters. The molecule has 4 heteroatoms. The van der Waals surface area contributed by atoms with E-state index in [-0.39, 0.29) is 11.9 Å². The van der Waals surface area contributed by atoms with E-state index in [9.17, 15) is 9.59 Å². The Hall–Kier alpha value is -1.32. The average Bonchev–Trinajstić information content (AvgIpc) is 2.19. The van der Waals surface area contributed by atoms with Crippen molar-refractivity contribution in [2.45, 2.75) is 12.5 Å². The maximum absolute atomic E-state index is 11.1. The largest absolute Gasteiger partial charge is 0.325 e. The van der Waals surface area contributed by atoms with Gasteiger partial charge in [-0.15, -0.1) is 6.58 Å². The maximum Gasteiger partial charge on any atom is 0.324 e. The fraction of sp³-hybridized carbons (Fsp3) is 0.429. The molecule has 1 N–H and O–H groups in total. The van der Waals surface area contributed by atoms with Crippen LogP contribution >= 0.6 is 0 Å². The smallest absolute Gasteiger partial charge is 0.324 e. The molecule has 0 aliphatic carbocycles. The van der Waals surface area contributed by atoms with Crippen LogP contribution in [0.3, 0.4) is 0 Å². The minimum Gasteiger partial charge on any atom is -0.325 e. The molecule has 0 aromatic rings. The number of likely N-dealkylation sites (N-methyl/N-ethyl adjacent to an activating group) is 1. The molecule has 0 saturated carbocycles. The third-order valence-electron chi connectivity index (χ3n) is 1.63. The van der Waals surface area contributed by atoms with Crippen LogP contribution < -0.4 is 5.32 Å². The van der Waals surface area contributed by atoms with Gasteiger partial charge in [-0.3, -0.25) is 9.69 Å². The number of carbonyl (C=O) groups excluding carboxylic acids is 2. The molecule has 0 radical (unpaired) electrons. The Bertz CT molecular complexity index is 212. The first-order valence-electron chi connectivity index (χ1n) is 3.35. The van der Waals surface area contributed by atoms with E-state index in [4.69, 9.17) is 0 Å². The number of hydrogen-bond donors (Lipinski definition) is 1. The number of nitrogens with one attached hydrogen (secondary N) is 1. The second kappa shape index (κ2) is 2.74. The number of imide groups is 1. The molecule has 1 heterocycles. The normalized spacial score (nSPS) is 23.7. The van der Waals surface area contributed by atoms with Crippen LogP contribution in [0.25, 0.3) is 0 Å². The standard InChI is InChI=1S/C7H10N2O2/c1-3-4-5-6(10)9(2)7(11)8-5/h3,5H,1,4H2,2H3,(H,8,11). The zero-order valence-electron chi connectivity index (χ0n) is 6.33. The molecule has 1 unspecified atom stereocenters. The highest BCUT2D eigenvalue weighted by atomic mass is 16.2. The molecular weight excluding hydrogens is 144 g/mol. The fourth-order valence-corrected chi connectivity index (χ4v) is 0.968. The van der Waals surface area contributed by atoms with E-state index in [1.165, 1.54) is 7.05 Å². The summed E-state index contributed by atoms with van der Waals surface area (Å²) in [4.78, 5) is 23.0. The first kappa shape index (κ1) is 7.78. The van der Waals surface area contributed by atoms with Gasteiger partial charge < -0.3 is 5.32 Å². The highest BCUT2D eigenvalue weighted by molar-refractivity contribution is 6.03. The lowest BCUT2D eigenvalue weighted by atomic mass is 10.2. The molecule has 0 aromatic heterocycles. The Kier molecular flexibility index (Phi) is 1.94. The van der Waals surface area contributed by atoms with Crippen molar-refractivity contribution in [1.82, 2.24) is 10.2 Å². The highest BCUT2D eigenvalue weighted by Gasteiger charge is 2.33. The number of carbonyl (C=O) groups is 2. The lowest BCUT2D eigenvalue weighted by Crippen LogP contribution is -2.27. The summed E-state index contributed by atoms with van der Waals surface area (Å²) >= 11 is 0. The predicted octanol–water partition coefficient (Wildman–Crippen LogP) is 0.113. The first-order valence-corrected chi connectivity index (χ1v) is 3.35. The van der Waals surface area contributed by atoms with Crippen molar-refractivity contribution in [2.24, 2.45) is 0 Å². The van der Waals surface area contributed by atoms with Crippen molar-refractivity contribution in [2.75, 3.05) is 7.05 Å². The minimum atomic E-state index is -0.398. The SMILES string of the molecule is C=CCC1NC(=O)N(C)C1=O. The highest BCUT2D eigenvalue weighted by Crippen LogP contribution is 2.06. The number of urea groups is 1. The summed E-state index contributed by atoms with van der Waals surface area (Å²) < 4.78 is 0. The van der Waals surface area contributed by atoms with Crippen LogP contribution in [0.2, 0.25) is 0 Å². The summed E-state index contributed by atoms with van der Waals surface area (Å²) in [6, 6.07) is -0.730. The maximum atomic E-state index is 11.1. The lowest BCUT2D eigenvalue weighted by Gasteiger charge is -2.03. The zero-order valence-corrected chi connectivity index (χ0v) is 6.33. The monoisotopic (exact) mass is 154 g/mol. The van der Waals surface area contributed by atoms with Crippen molar-refractivity contribution < 1.29 is 9.59 Å². The van der Waals surface area contributed by atoms with Crippen LogP contribution in [-0.4, -0.2) is 29.9 Å². The van der Waals surface area contributed by atoms with Crippen molar-refractivity contribution in [3.05, 3.63) is 12.7 Å². The molecule has 1 rings (SSSR count). The van der Waals surface area contributed by atoms with E-state index in [1.807, 2.05) is 0 Å². The van der Waals surface area contributed by atoms with E-state index >= 15 is 0 Å². The summed E-state index contributed by atoms with van der Waals surface area (Å²) in [6.45, 7) is 3.49. The molecule has 1 aliphatic heterocycles. The third-order valence-corrected chi connectivity index (χ3v) is 1.63. The van der Waals surface area contributed by atoms with Crippen LogP contribution in [0.5, 0.6) is 0 Å². The van der Waals surface area contributed by atoms with E-state index in [1.54, 1.807) is 6.08 Å². The number of nitrogens with zero attached hydrogens (tertiary/aromatic N) is 1. The van der Waals surface area contributed by atoms with Crippen molar-refractivity contribution in [1.29, 1.82) is 0 Å². The molecule has 0 spiro atoms. The third kappa shape index (κ3) is 1.24. The van der Waals surface area contributed by atoms with Gasteiger partial charge in [0, 0.05) is 7.05 Å². The minimum absolute atomic E-state index is 0.185. The molecule has 0 aromatic carbocycles. The molecule has 1 saturated heterocycles.